The molecule has 1 aliphatic heterocycles. The first-order valence-corrected chi connectivity index (χ1v) is 11.1. The van der Waals surface area contributed by atoms with Crippen LogP contribution in [0.25, 0.3) is 11.5 Å². The molecule has 0 atom stereocenters. The molecule has 1 fully saturated rings. The summed E-state index contributed by atoms with van der Waals surface area (Å²) in [4.78, 5) is 44.3. The van der Waals surface area contributed by atoms with E-state index in [2.05, 4.69) is 36.1 Å². The van der Waals surface area contributed by atoms with Gasteiger partial charge >= 0.3 is 0 Å². The van der Waals surface area contributed by atoms with Gasteiger partial charge in [0.15, 0.2) is 11.0 Å². The van der Waals surface area contributed by atoms with Crippen molar-refractivity contribution < 1.29 is 9.59 Å². The molecule has 0 aliphatic carbocycles. The predicted octanol–water partition coefficient (Wildman–Crippen LogP) is 2.48. The number of carbonyl (C=O) groups is 2. The second kappa shape index (κ2) is 9.36. The second-order valence-electron chi connectivity index (χ2n) is 7.38. The van der Waals surface area contributed by atoms with Crippen LogP contribution >= 0.6 is 11.3 Å². The minimum Gasteiger partial charge on any atom is -0.368 e. The first-order valence-electron chi connectivity index (χ1n) is 10.3. The smallest absolute Gasteiger partial charge is 0.293 e. The highest BCUT2D eigenvalue weighted by Gasteiger charge is 2.21. The van der Waals surface area contributed by atoms with E-state index in [0.717, 1.165) is 61.3 Å². The molecule has 4 rings (SSSR count). The van der Waals surface area contributed by atoms with Crippen molar-refractivity contribution in [1.82, 2.24) is 24.8 Å². The third kappa shape index (κ3) is 4.97. The lowest BCUT2D eigenvalue weighted by Gasteiger charge is -2.36. The van der Waals surface area contributed by atoms with Gasteiger partial charge in [-0.1, -0.05) is 6.92 Å². The molecule has 31 heavy (non-hydrogen) atoms. The quantitative estimate of drug-likeness (QED) is 0.545. The molecular weight excluding hydrogens is 414 g/mol. The summed E-state index contributed by atoms with van der Waals surface area (Å²) in [6.07, 6.45) is 3.71. The first kappa shape index (κ1) is 21.1. The van der Waals surface area contributed by atoms with Crippen LogP contribution < -0.4 is 10.2 Å². The van der Waals surface area contributed by atoms with E-state index in [-0.39, 0.29) is 6.42 Å². The summed E-state index contributed by atoms with van der Waals surface area (Å²) in [6.45, 7) is 8.04. The Morgan fingerprint density at radius 1 is 1.19 bits per heavy atom. The molecule has 1 amide bonds. The summed E-state index contributed by atoms with van der Waals surface area (Å²) in [5.74, 6) is -0.258. The monoisotopic (exact) mass is 439 g/mol. The summed E-state index contributed by atoms with van der Waals surface area (Å²) in [6, 6.07) is 4.12. The van der Waals surface area contributed by atoms with Crippen LogP contribution in [0.4, 0.5) is 10.8 Å². The Morgan fingerprint density at radius 2 is 2.00 bits per heavy atom. The molecular formula is C21H25N7O2S. The molecule has 10 heteroatoms. The zero-order valence-electron chi connectivity index (χ0n) is 17.6. The van der Waals surface area contributed by atoms with Gasteiger partial charge in [0.05, 0.1) is 17.1 Å². The molecule has 0 bridgehead atoms. The number of H-pyrrole nitrogens is 1. The molecule has 0 saturated carbocycles. The number of hydrogen-bond donors (Lipinski definition) is 2. The molecule has 2 N–H and O–H groups in total. The maximum atomic E-state index is 11.7. The van der Waals surface area contributed by atoms with Crippen molar-refractivity contribution in [2.45, 2.75) is 26.8 Å². The SMILES string of the molecule is CCC(=O)C(=O)Nc1nc(CN2CCN(c3ccc(-c4ncc[nH]4)nc3C)CC2)cs1. The number of imidazole rings is 1. The number of thiazole rings is 1. The van der Waals surface area contributed by atoms with Crippen molar-refractivity contribution in [2.24, 2.45) is 0 Å². The Labute approximate surface area is 184 Å². The van der Waals surface area contributed by atoms with Crippen LogP contribution in [0, 0.1) is 6.92 Å². The van der Waals surface area contributed by atoms with Crippen molar-refractivity contribution >= 4 is 33.8 Å². The van der Waals surface area contributed by atoms with E-state index in [4.69, 9.17) is 4.98 Å². The van der Waals surface area contributed by atoms with Gasteiger partial charge in [-0.2, -0.15) is 0 Å². The molecule has 0 unspecified atom stereocenters. The van der Waals surface area contributed by atoms with Crippen molar-refractivity contribution in [1.29, 1.82) is 0 Å². The Hall–Kier alpha value is -3.11. The van der Waals surface area contributed by atoms with Crippen molar-refractivity contribution in [3.8, 4) is 11.5 Å². The Morgan fingerprint density at radius 3 is 2.68 bits per heavy atom. The van der Waals surface area contributed by atoms with Crippen molar-refractivity contribution in [3.63, 3.8) is 0 Å². The fourth-order valence-corrected chi connectivity index (χ4v) is 4.26. The number of nitrogens with zero attached hydrogens (tertiary/aromatic N) is 5. The highest BCUT2D eigenvalue weighted by atomic mass is 32.1. The number of amides is 1. The summed E-state index contributed by atoms with van der Waals surface area (Å²) in [7, 11) is 0. The highest BCUT2D eigenvalue weighted by molar-refractivity contribution is 7.14. The summed E-state index contributed by atoms with van der Waals surface area (Å²) >= 11 is 1.35. The molecule has 9 nitrogen and oxygen atoms in total. The number of pyridine rings is 1. The number of anilines is 2. The Balaban J connectivity index is 1.31. The van der Waals surface area contributed by atoms with Gasteiger partial charge in [0.2, 0.25) is 5.78 Å². The highest BCUT2D eigenvalue weighted by Crippen LogP contribution is 2.24. The van der Waals surface area contributed by atoms with Crippen LogP contribution in [0.1, 0.15) is 24.7 Å². The number of Topliss-reactive ketones (excluding diaryl/α,β-unsaturated/α-hetero) is 1. The van der Waals surface area contributed by atoms with E-state index in [1.807, 2.05) is 18.4 Å². The normalized spacial score (nSPS) is 14.6. The number of nitrogens with one attached hydrogen (secondary N) is 2. The zero-order chi connectivity index (χ0) is 21.8. The van der Waals surface area contributed by atoms with Gasteiger partial charge in [-0.05, 0) is 19.1 Å². The van der Waals surface area contributed by atoms with Crippen LogP contribution in [0.2, 0.25) is 0 Å². The van der Waals surface area contributed by atoms with Gasteiger partial charge in [0.1, 0.15) is 5.69 Å². The van der Waals surface area contributed by atoms with E-state index >= 15 is 0 Å². The minimum absolute atomic E-state index is 0.189. The number of ketones is 1. The van der Waals surface area contributed by atoms with Crippen LogP contribution in [-0.2, 0) is 16.1 Å². The third-order valence-electron chi connectivity index (χ3n) is 5.24. The molecule has 3 aromatic rings. The maximum absolute atomic E-state index is 11.7. The van der Waals surface area contributed by atoms with Gasteiger partial charge < -0.3 is 9.88 Å². The number of aromatic nitrogens is 4. The summed E-state index contributed by atoms with van der Waals surface area (Å²) in [5, 5.41) is 4.98. The van der Waals surface area contributed by atoms with Crippen LogP contribution in [0.15, 0.2) is 29.9 Å². The van der Waals surface area contributed by atoms with E-state index < -0.39 is 11.7 Å². The topological polar surface area (TPSA) is 107 Å². The van der Waals surface area contributed by atoms with Gasteiger partial charge in [-0.15, -0.1) is 11.3 Å². The van der Waals surface area contributed by atoms with E-state index in [1.165, 1.54) is 11.3 Å². The molecule has 4 heterocycles. The number of rotatable bonds is 7. The molecule has 0 aromatic carbocycles. The van der Waals surface area contributed by atoms with E-state index in [1.54, 1.807) is 19.3 Å². The standard InChI is InChI=1S/C21H25N7O2S/c1-3-18(29)20(30)26-21-25-15(13-31-21)12-27-8-10-28(11-9-27)17-5-4-16(24-14(17)2)19-22-6-7-23-19/h4-7,13H,3,8-12H2,1-2H3,(H,22,23)(H,25,26,30). The number of aryl methyl sites for hydroxylation is 1. The molecule has 3 aromatic heterocycles. The molecule has 162 valence electrons. The number of piperazine rings is 1. The fraction of sp³-hybridized carbons (Fsp3) is 0.381. The lowest BCUT2D eigenvalue weighted by Crippen LogP contribution is -2.46. The molecule has 1 aliphatic rings. The third-order valence-corrected chi connectivity index (χ3v) is 6.05. The van der Waals surface area contributed by atoms with Crippen molar-refractivity contribution in [2.75, 3.05) is 36.4 Å². The number of aromatic amines is 1. The average molecular weight is 440 g/mol. The Kier molecular flexibility index (Phi) is 6.38. The average Bonchev–Trinajstić information content (AvgIpc) is 3.46. The summed E-state index contributed by atoms with van der Waals surface area (Å²) < 4.78 is 0. The lowest BCUT2D eigenvalue weighted by atomic mass is 10.2. The zero-order valence-corrected chi connectivity index (χ0v) is 18.4. The van der Waals surface area contributed by atoms with Gasteiger partial charge in [-0.3, -0.25) is 19.8 Å². The number of hydrogen-bond acceptors (Lipinski definition) is 8. The summed E-state index contributed by atoms with van der Waals surface area (Å²) in [5.41, 5.74) is 3.88. The van der Waals surface area contributed by atoms with Gasteiger partial charge in [0, 0.05) is 56.9 Å². The number of carbonyl (C=O) groups excluding carboxylic acids is 2. The predicted molar refractivity (Wildman–Crippen MR) is 120 cm³/mol. The molecule has 0 spiro atoms. The second-order valence-corrected chi connectivity index (χ2v) is 8.23. The van der Waals surface area contributed by atoms with Crippen molar-refractivity contribution in [3.05, 3.63) is 41.3 Å². The first-order chi connectivity index (χ1) is 15.0. The Bertz CT molecular complexity index is 1060. The van der Waals surface area contributed by atoms with Crippen LogP contribution in [-0.4, -0.2) is 62.7 Å². The van der Waals surface area contributed by atoms with E-state index in [0.29, 0.717) is 5.13 Å². The van der Waals surface area contributed by atoms with Gasteiger partial charge in [0.25, 0.3) is 5.91 Å². The van der Waals surface area contributed by atoms with Gasteiger partial charge in [-0.25, -0.2) is 15.0 Å². The maximum Gasteiger partial charge on any atom is 0.293 e. The van der Waals surface area contributed by atoms with Crippen LogP contribution in [0.5, 0.6) is 0 Å². The molecule has 0 radical (unpaired) electrons. The fourth-order valence-electron chi connectivity index (χ4n) is 3.57. The van der Waals surface area contributed by atoms with Crippen LogP contribution in [0.3, 0.4) is 0 Å². The molecule has 1 saturated heterocycles. The van der Waals surface area contributed by atoms with E-state index in [9.17, 15) is 9.59 Å². The largest absolute Gasteiger partial charge is 0.368 e. The lowest BCUT2D eigenvalue weighted by molar-refractivity contribution is -0.134. The minimum atomic E-state index is -0.598.